The first-order chi connectivity index (χ1) is 7.86. The van der Waals surface area contributed by atoms with E-state index in [-0.39, 0.29) is 0 Å². The molecule has 0 amide bonds. The minimum Gasteiger partial charge on any atom is -0.398 e. The maximum absolute atomic E-state index is 6.17. The minimum atomic E-state index is 0.686. The van der Waals surface area contributed by atoms with Crippen molar-refractivity contribution in [3.63, 3.8) is 0 Å². The molecule has 1 aliphatic carbocycles. The van der Waals surface area contributed by atoms with Gasteiger partial charge in [-0.3, -0.25) is 0 Å². The summed E-state index contributed by atoms with van der Waals surface area (Å²) in [6, 6.07) is 12.8. The Bertz CT molecular complexity index is 510. The maximum Gasteiger partial charge on any atom is 0.0355 e. The Kier molecular flexibility index (Phi) is 2.32. The van der Waals surface area contributed by atoms with E-state index >= 15 is 0 Å². The van der Waals surface area contributed by atoms with Crippen LogP contribution in [0.3, 0.4) is 0 Å². The molecule has 0 aliphatic heterocycles. The summed E-state index contributed by atoms with van der Waals surface area (Å²) in [6.45, 7) is 0. The normalized spacial score (nSPS) is 17.0. The van der Waals surface area contributed by atoms with Crippen LogP contribution in [0.25, 0.3) is 10.8 Å². The number of benzene rings is 2. The van der Waals surface area contributed by atoms with Gasteiger partial charge < -0.3 is 5.73 Å². The molecule has 0 spiro atoms. The fourth-order valence-electron chi connectivity index (χ4n) is 2.98. The van der Waals surface area contributed by atoms with Gasteiger partial charge in [-0.1, -0.05) is 43.2 Å². The molecule has 0 radical (unpaired) electrons. The van der Waals surface area contributed by atoms with Crippen LogP contribution in [0.5, 0.6) is 0 Å². The molecule has 0 atom stereocenters. The van der Waals surface area contributed by atoms with E-state index < -0.39 is 0 Å². The lowest BCUT2D eigenvalue weighted by atomic mass is 9.91. The summed E-state index contributed by atoms with van der Waals surface area (Å²) in [4.78, 5) is 0. The Morgan fingerprint density at radius 2 is 1.69 bits per heavy atom. The molecular weight excluding hydrogens is 194 g/mol. The topological polar surface area (TPSA) is 26.0 Å². The number of hydrogen-bond donors (Lipinski definition) is 1. The van der Waals surface area contributed by atoms with E-state index in [2.05, 4.69) is 36.4 Å². The highest BCUT2D eigenvalue weighted by atomic mass is 14.6. The maximum atomic E-state index is 6.17. The molecule has 0 heterocycles. The molecule has 2 aromatic carbocycles. The predicted octanol–water partition coefficient (Wildman–Crippen LogP) is 4.08. The van der Waals surface area contributed by atoms with Gasteiger partial charge in [-0.2, -0.15) is 0 Å². The third kappa shape index (κ3) is 1.47. The average Bonchev–Trinajstić information content (AvgIpc) is 2.82. The fraction of sp³-hybridized carbons (Fsp3) is 0.333. The van der Waals surface area contributed by atoms with Crippen molar-refractivity contribution in [1.82, 2.24) is 0 Å². The second-order valence-corrected chi connectivity index (χ2v) is 4.77. The molecule has 0 bridgehead atoms. The van der Waals surface area contributed by atoms with Crippen molar-refractivity contribution in [3.05, 3.63) is 42.0 Å². The van der Waals surface area contributed by atoms with Crippen LogP contribution in [0.4, 0.5) is 5.69 Å². The summed E-state index contributed by atoms with van der Waals surface area (Å²) in [5, 5.41) is 2.67. The fourth-order valence-corrected chi connectivity index (χ4v) is 2.98. The molecule has 16 heavy (non-hydrogen) atoms. The number of fused-ring (bicyclic) bond motifs is 1. The van der Waals surface area contributed by atoms with Crippen LogP contribution in [-0.2, 0) is 0 Å². The smallest absolute Gasteiger partial charge is 0.0355 e. The van der Waals surface area contributed by atoms with E-state index in [1.807, 2.05) is 0 Å². The number of anilines is 1. The van der Waals surface area contributed by atoms with Gasteiger partial charge in [-0.25, -0.2) is 0 Å². The van der Waals surface area contributed by atoms with Crippen LogP contribution >= 0.6 is 0 Å². The van der Waals surface area contributed by atoms with Crippen LogP contribution in [0, 0.1) is 0 Å². The van der Waals surface area contributed by atoms with Crippen LogP contribution in [0.15, 0.2) is 36.4 Å². The van der Waals surface area contributed by atoms with E-state index in [0.29, 0.717) is 5.92 Å². The molecule has 1 saturated carbocycles. The zero-order valence-corrected chi connectivity index (χ0v) is 9.45. The molecule has 3 rings (SSSR count). The molecule has 0 saturated heterocycles. The summed E-state index contributed by atoms with van der Waals surface area (Å²) in [5.74, 6) is 0.686. The van der Waals surface area contributed by atoms with Crippen LogP contribution in [0.2, 0.25) is 0 Å². The average molecular weight is 211 g/mol. The molecule has 82 valence electrons. The molecule has 0 unspecified atom stereocenters. The zero-order chi connectivity index (χ0) is 11.0. The van der Waals surface area contributed by atoms with Gasteiger partial charge in [0.25, 0.3) is 0 Å². The second kappa shape index (κ2) is 3.82. The lowest BCUT2D eigenvalue weighted by molar-refractivity contribution is 0.732. The number of nitrogens with two attached hydrogens (primary N) is 1. The summed E-state index contributed by atoms with van der Waals surface area (Å²) in [5.41, 5.74) is 8.54. The van der Waals surface area contributed by atoms with Crippen molar-refractivity contribution >= 4 is 16.5 Å². The first-order valence-corrected chi connectivity index (χ1v) is 6.13. The SMILES string of the molecule is Nc1ccc2ccccc2c1C1CCCC1. The molecule has 1 aliphatic rings. The predicted molar refractivity (Wildman–Crippen MR) is 69.6 cm³/mol. The van der Waals surface area contributed by atoms with Crippen molar-refractivity contribution < 1.29 is 0 Å². The lowest BCUT2D eigenvalue weighted by Crippen LogP contribution is -2.00. The van der Waals surface area contributed by atoms with Gasteiger partial charge in [-0.15, -0.1) is 0 Å². The molecule has 1 heteroatoms. The summed E-state index contributed by atoms with van der Waals surface area (Å²) in [7, 11) is 0. The summed E-state index contributed by atoms with van der Waals surface area (Å²) in [6.07, 6.45) is 5.32. The largest absolute Gasteiger partial charge is 0.398 e. The standard InChI is InChI=1S/C15H17N/c16-14-10-9-11-5-3-4-8-13(11)15(14)12-6-1-2-7-12/h3-5,8-10,12H,1-2,6-7,16H2. The van der Waals surface area contributed by atoms with Crippen LogP contribution in [-0.4, -0.2) is 0 Å². The van der Waals surface area contributed by atoms with Gasteiger partial charge in [0, 0.05) is 5.69 Å². The summed E-state index contributed by atoms with van der Waals surface area (Å²) < 4.78 is 0. The van der Waals surface area contributed by atoms with E-state index in [9.17, 15) is 0 Å². The van der Waals surface area contributed by atoms with Crippen LogP contribution in [0.1, 0.15) is 37.2 Å². The van der Waals surface area contributed by atoms with Crippen molar-refractivity contribution in [2.24, 2.45) is 0 Å². The van der Waals surface area contributed by atoms with E-state index in [4.69, 9.17) is 5.73 Å². The highest BCUT2D eigenvalue weighted by Gasteiger charge is 2.20. The number of rotatable bonds is 1. The van der Waals surface area contributed by atoms with Crippen molar-refractivity contribution in [3.8, 4) is 0 Å². The highest BCUT2D eigenvalue weighted by molar-refractivity contribution is 5.90. The van der Waals surface area contributed by atoms with Crippen molar-refractivity contribution in [1.29, 1.82) is 0 Å². The van der Waals surface area contributed by atoms with Gasteiger partial charge in [0.1, 0.15) is 0 Å². The first-order valence-electron chi connectivity index (χ1n) is 6.13. The third-order valence-electron chi connectivity index (χ3n) is 3.77. The van der Waals surface area contributed by atoms with Crippen molar-refractivity contribution in [2.75, 3.05) is 5.73 Å². The molecule has 1 nitrogen and oxygen atoms in total. The van der Waals surface area contributed by atoms with Gasteiger partial charge in [-0.05, 0) is 41.2 Å². The van der Waals surface area contributed by atoms with Gasteiger partial charge in [0.15, 0.2) is 0 Å². The van der Waals surface area contributed by atoms with Gasteiger partial charge >= 0.3 is 0 Å². The first kappa shape index (κ1) is 9.71. The van der Waals surface area contributed by atoms with E-state index in [1.54, 1.807) is 0 Å². The molecule has 2 aromatic rings. The van der Waals surface area contributed by atoms with Gasteiger partial charge in [0.2, 0.25) is 0 Å². The van der Waals surface area contributed by atoms with E-state index in [1.165, 1.54) is 42.0 Å². The van der Waals surface area contributed by atoms with Gasteiger partial charge in [0.05, 0.1) is 0 Å². The molecule has 2 N–H and O–H groups in total. The van der Waals surface area contributed by atoms with E-state index in [0.717, 1.165) is 5.69 Å². The number of hydrogen-bond acceptors (Lipinski definition) is 1. The second-order valence-electron chi connectivity index (χ2n) is 4.77. The molecule has 1 fully saturated rings. The Morgan fingerprint density at radius 1 is 0.938 bits per heavy atom. The molecular formula is C15H17N. The van der Waals surface area contributed by atoms with Crippen LogP contribution < -0.4 is 5.73 Å². The lowest BCUT2D eigenvalue weighted by Gasteiger charge is -2.15. The van der Waals surface area contributed by atoms with Crippen molar-refractivity contribution in [2.45, 2.75) is 31.6 Å². The quantitative estimate of drug-likeness (QED) is 0.707. The number of nitrogen functional groups attached to an aromatic ring is 1. The molecule has 0 aromatic heterocycles. The third-order valence-corrected chi connectivity index (χ3v) is 3.77. The Labute approximate surface area is 96.3 Å². The monoisotopic (exact) mass is 211 g/mol. The Hall–Kier alpha value is -1.50. The Balaban J connectivity index is 2.23. The highest BCUT2D eigenvalue weighted by Crippen LogP contribution is 2.40. The zero-order valence-electron chi connectivity index (χ0n) is 9.45. The summed E-state index contributed by atoms with van der Waals surface area (Å²) >= 11 is 0. The minimum absolute atomic E-state index is 0.686. The Morgan fingerprint density at radius 3 is 2.50 bits per heavy atom.